The Balaban J connectivity index is 2.99. The molecule has 2 nitrogen and oxygen atoms in total. The van der Waals surface area contributed by atoms with Crippen molar-refractivity contribution < 1.29 is 9.90 Å². The van der Waals surface area contributed by atoms with E-state index >= 15 is 0 Å². The maximum Gasteiger partial charge on any atom is 0.158 e. The van der Waals surface area contributed by atoms with Crippen LogP contribution in [0.15, 0.2) is 0 Å². The summed E-state index contributed by atoms with van der Waals surface area (Å²) in [4.78, 5) is 10.9. The normalized spacial score (nSPS) is 11.1. The van der Waals surface area contributed by atoms with Crippen LogP contribution in [-0.2, 0) is 4.79 Å². The minimum Gasteiger partial charge on any atom is -0.389 e. The van der Waals surface area contributed by atoms with Crippen LogP contribution in [-0.4, -0.2) is 17.5 Å². The molecule has 0 rings (SSSR count). The van der Waals surface area contributed by atoms with Crippen LogP contribution in [0.1, 0.15) is 129 Å². The molecule has 0 saturated carbocycles. The largest absolute Gasteiger partial charge is 0.389 e. The standard InChI is InChI=1S/C22H44O2/c1-2-3-4-5-6-7-8-9-10-11-12-13-14-15-16-17-18-19-20-22(24)21-23/h23H,2-21H2,1H3. The number of hydrogen-bond acceptors (Lipinski definition) is 2. The predicted octanol–water partition coefficient (Wildman–Crippen LogP) is 6.98. The molecule has 0 aromatic rings. The third-order valence-electron chi connectivity index (χ3n) is 4.99. The zero-order valence-electron chi connectivity index (χ0n) is 16.5. The van der Waals surface area contributed by atoms with Crippen molar-refractivity contribution >= 4 is 5.78 Å². The first kappa shape index (κ1) is 23.6. The first-order valence-corrected chi connectivity index (χ1v) is 10.9. The topological polar surface area (TPSA) is 37.3 Å². The molecular weight excluding hydrogens is 296 g/mol. The molecule has 144 valence electrons. The van der Waals surface area contributed by atoms with Gasteiger partial charge < -0.3 is 5.11 Å². The van der Waals surface area contributed by atoms with Gasteiger partial charge in [0.25, 0.3) is 0 Å². The number of hydrogen-bond donors (Lipinski definition) is 1. The summed E-state index contributed by atoms with van der Waals surface area (Å²) in [7, 11) is 0. The summed E-state index contributed by atoms with van der Waals surface area (Å²) in [5.41, 5.74) is 0. The van der Waals surface area contributed by atoms with Crippen LogP contribution in [0.5, 0.6) is 0 Å². The molecule has 0 aliphatic heterocycles. The molecule has 24 heavy (non-hydrogen) atoms. The van der Waals surface area contributed by atoms with Crippen molar-refractivity contribution in [3.63, 3.8) is 0 Å². The molecule has 0 aliphatic rings. The van der Waals surface area contributed by atoms with Gasteiger partial charge in [-0.15, -0.1) is 0 Å². The summed E-state index contributed by atoms with van der Waals surface area (Å²) in [5, 5.41) is 8.63. The van der Waals surface area contributed by atoms with Gasteiger partial charge in [0.05, 0.1) is 0 Å². The second-order valence-electron chi connectivity index (χ2n) is 7.46. The van der Waals surface area contributed by atoms with E-state index in [0.717, 1.165) is 12.8 Å². The summed E-state index contributed by atoms with van der Waals surface area (Å²) in [6.45, 7) is 2.00. The van der Waals surface area contributed by atoms with Gasteiger partial charge in [-0.25, -0.2) is 0 Å². The average Bonchev–Trinajstić information content (AvgIpc) is 2.60. The van der Waals surface area contributed by atoms with E-state index in [1.807, 2.05) is 0 Å². The van der Waals surface area contributed by atoms with E-state index in [1.54, 1.807) is 0 Å². The number of aliphatic hydroxyl groups is 1. The van der Waals surface area contributed by atoms with Gasteiger partial charge in [-0.05, 0) is 6.42 Å². The molecule has 0 bridgehead atoms. The van der Waals surface area contributed by atoms with Gasteiger partial charge >= 0.3 is 0 Å². The first-order chi connectivity index (χ1) is 11.8. The summed E-state index contributed by atoms with van der Waals surface area (Å²) in [5.74, 6) is -0.00788. The molecule has 1 N–H and O–H groups in total. The van der Waals surface area contributed by atoms with Crippen molar-refractivity contribution in [3.05, 3.63) is 0 Å². The molecule has 0 heterocycles. The Morgan fingerprint density at radius 2 is 0.833 bits per heavy atom. The fraction of sp³-hybridized carbons (Fsp3) is 0.955. The van der Waals surface area contributed by atoms with Gasteiger partial charge in [0.1, 0.15) is 6.61 Å². The van der Waals surface area contributed by atoms with Gasteiger partial charge in [0.2, 0.25) is 0 Å². The van der Waals surface area contributed by atoms with Crippen molar-refractivity contribution in [2.45, 2.75) is 129 Å². The second kappa shape index (κ2) is 20.7. The van der Waals surface area contributed by atoms with Gasteiger partial charge in [-0.2, -0.15) is 0 Å². The van der Waals surface area contributed by atoms with E-state index < -0.39 is 0 Å². The summed E-state index contributed by atoms with van der Waals surface area (Å²) >= 11 is 0. The highest BCUT2D eigenvalue weighted by molar-refractivity contribution is 5.79. The monoisotopic (exact) mass is 340 g/mol. The van der Waals surface area contributed by atoms with E-state index in [2.05, 4.69) is 6.92 Å². The highest BCUT2D eigenvalue weighted by atomic mass is 16.3. The Kier molecular flexibility index (Phi) is 20.4. The number of aliphatic hydroxyl groups excluding tert-OH is 1. The van der Waals surface area contributed by atoms with E-state index in [-0.39, 0.29) is 12.4 Å². The molecule has 0 spiro atoms. The zero-order chi connectivity index (χ0) is 17.7. The maximum atomic E-state index is 10.9. The number of ketones is 1. The molecule has 0 aromatic carbocycles. The lowest BCUT2D eigenvalue weighted by Gasteiger charge is -2.03. The van der Waals surface area contributed by atoms with Crippen LogP contribution in [0.4, 0.5) is 0 Å². The molecule has 0 aliphatic carbocycles. The first-order valence-electron chi connectivity index (χ1n) is 10.9. The van der Waals surface area contributed by atoms with Crippen LogP contribution >= 0.6 is 0 Å². The average molecular weight is 341 g/mol. The van der Waals surface area contributed by atoms with Gasteiger partial charge in [0.15, 0.2) is 5.78 Å². The fourth-order valence-electron chi connectivity index (χ4n) is 3.30. The van der Waals surface area contributed by atoms with Gasteiger partial charge in [-0.1, -0.05) is 116 Å². The quantitative estimate of drug-likeness (QED) is 0.243. The Morgan fingerprint density at radius 3 is 1.12 bits per heavy atom. The van der Waals surface area contributed by atoms with Crippen LogP contribution in [0.2, 0.25) is 0 Å². The maximum absolute atomic E-state index is 10.9. The van der Waals surface area contributed by atoms with Crippen LogP contribution in [0.3, 0.4) is 0 Å². The summed E-state index contributed by atoms with van der Waals surface area (Å²) in [6, 6.07) is 0. The van der Waals surface area contributed by atoms with Crippen molar-refractivity contribution in [3.8, 4) is 0 Å². The minimum absolute atomic E-state index is 0.00788. The summed E-state index contributed by atoms with van der Waals surface area (Å²) in [6.07, 6.45) is 25.1. The fourth-order valence-corrected chi connectivity index (χ4v) is 3.30. The Hall–Kier alpha value is -0.370. The van der Waals surface area contributed by atoms with Crippen LogP contribution in [0, 0.1) is 0 Å². The van der Waals surface area contributed by atoms with Gasteiger partial charge in [0, 0.05) is 6.42 Å². The van der Waals surface area contributed by atoms with E-state index in [0.29, 0.717) is 6.42 Å². The lowest BCUT2D eigenvalue weighted by Crippen LogP contribution is -2.02. The molecule has 0 radical (unpaired) electrons. The molecule has 2 heteroatoms. The van der Waals surface area contributed by atoms with Crippen LogP contribution < -0.4 is 0 Å². The molecule has 0 aromatic heterocycles. The number of carbonyl (C=O) groups is 1. The van der Waals surface area contributed by atoms with Crippen molar-refractivity contribution in [2.24, 2.45) is 0 Å². The number of carbonyl (C=O) groups excluding carboxylic acids is 1. The second-order valence-corrected chi connectivity index (χ2v) is 7.46. The highest BCUT2D eigenvalue weighted by Gasteiger charge is 1.98. The van der Waals surface area contributed by atoms with Crippen LogP contribution in [0.25, 0.3) is 0 Å². The smallest absolute Gasteiger partial charge is 0.158 e. The van der Waals surface area contributed by atoms with E-state index in [9.17, 15) is 4.79 Å². The molecule has 0 atom stereocenters. The molecule has 0 fully saturated rings. The number of Topliss-reactive ketones (excluding diaryl/α,β-unsaturated/α-hetero) is 1. The Bertz CT molecular complexity index is 250. The molecule has 0 saturated heterocycles. The zero-order valence-corrected chi connectivity index (χ0v) is 16.5. The van der Waals surface area contributed by atoms with Crippen molar-refractivity contribution in [2.75, 3.05) is 6.61 Å². The van der Waals surface area contributed by atoms with E-state index in [4.69, 9.17) is 5.11 Å². The van der Waals surface area contributed by atoms with Gasteiger partial charge in [-0.3, -0.25) is 4.79 Å². The number of unbranched alkanes of at least 4 members (excludes halogenated alkanes) is 17. The molecule has 0 unspecified atom stereocenters. The lowest BCUT2D eigenvalue weighted by atomic mass is 10.0. The predicted molar refractivity (Wildman–Crippen MR) is 105 cm³/mol. The Morgan fingerprint density at radius 1 is 0.542 bits per heavy atom. The van der Waals surface area contributed by atoms with E-state index in [1.165, 1.54) is 103 Å². The lowest BCUT2D eigenvalue weighted by molar-refractivity contribution is -0.121. The molecule has 0 amide bonds. The SMILES string of the molecule is CCCCCCCCCCCCCCCCCCCCC(=O)CO. The summed E-state index contributed by atoms with van der Waals surface area (Å²) < 4.78 is 0. The minimum atomic E-state index is -0.279. The van der Waals surface area contributed by atoms with Crippen molar-refractivity contribution in [1.29, 1.82) is 0 Å². The molecular formula is C22H44O2. The van der Waals surface area contributed by atoms with Crippen molar-refractivity contribution in [1.82, 2.24) is 0 Å². The third kappa shape index (κ3) is 19.7. The number of rotatable bonds is 20. The highest BCUT2D eigenvalue weighted by Crippen LogP contribution is 2.14. The Labute approximate surface area is 151 Å². The third-order valence-corrected chi connectivity index (χ3v) is 4.99.